The highest BCUT2D eigenvalue weighted by molar-refractivity contribution is 7.18. The summed E-state index contributed by atoms with van der Waals surface area (Å²) in [5.74, 6) is -0.869. The van der Waals surface area contributed by atoms with Crippen molar-refractivity contribution in [2.45, 2.75) is 51.5 Å². The molecule has 0 spiro atoms. The number of nitrogens with two attached hydrogens (primary N) is 1. The molecule has 0 saturated carbocycles. The zero-order valence-electron chi connectivity index (χ0n) is 19.3. The fourth-order valence-electron chi connectivity index (χ4n) is 3.60. The van der Waals surface area contributed by atoms with Crippen molar-refractivity contribution < 1.29 is 23.5 Å². The number of nitrogens with one attached hydrogen (secondary N) is 2. The van der Waals surface area contributed by atoms with Crippen molar-refractivity contribution >= 4 is 29.1 Å². The summed E-state index contributed by atoms with van der Waals surface area (Å²) in [4.78, 5) is 27.4. The van der Waals surface area contributed by atoms with Crippen LogP contribution in [0, 0.1) is 5.82 Å². The lowest BCUT2D eigenvalue weighted by Crippen LogP contribution is -2.56. The molecule has 1 aromatic heterocycles. The van der Waals surface area contributed by atoms with E-state index in [2.05, 4.69) is 10.6 Å². The van der Waals surface area contributed by atoms with Crippen LogP contribution in [0.3, 0.4) is 0 Å². The zero-order chi connectivity index (χ0) is 24.2. The van der Waals surface area contributed by atoms with E-state index in [1.165, 1.54) is 30.6 Å². The molecule has 3 rings (SSSR count). The molecule has 4 N–H and O–H groups in total. The van der Waals surface area contributed by atoms with Gasteiger partial charge in [-0.3, -0.25) is 11.1 Å². The highest BCUT2D eigenvalue weighted by atomic mass is 32.1. The van der Waals surface area contributed by atoms with Crippen LogP contribution in [0.25, 0.3) is 10.4 Å². The number of anilines is 1. The predicted octanol–water partition coefficient (Wildman–Crippen LogP) is 3.98. The monoisotopic (exact) mass is 478 g/mol. The molecular formula is C23H31FN4O4S. The lowest BCUT2D eigenvalue weighted by Gasteiger charge is -2.35. The van der Waals surface area contributed by atoms with Gasteiger partial charge >= 0.3 is 12.1 Å². The standard InChI is InChI=1S/C23H31FN4O4S/c1-23(2,3)32-22(30)28-10-6-9-16(13-28)26-21(25)27-17-12-18(33-19(17)20(29)31-4)14-7-5-8-15(24)11-14/h5,7-8,11-12,16,21,26-27H,6,9-10,13,25H2,1-4H3/t16-,21?/m0/s1. The van der Waals surface area contributed by atoms with E-state index < -0.39 is 17.9 Å². The minimum absolute atomic E-state index is 0.0447. The van der Waals surface area contributed by atoms with Crippen molar-refractivity contribution in [3.8, 4) is 10.4 Å². The smallest absolute Gasteiger partial charge is 0.410 e. The number of methoxy groups -OCH3 is 1. The SMILES string of the molecule is COC(=O)c1sc(-c2cccc(F)c2)cc1NC(N)N[C@H]1CCCN(C(=O)OC(C)(C)C)C1. The molecule has 2 atom stereocenters. The van der Waals surface area contributed by atoms with E-state index in [0.717, 1.165) is 12.8 Å². The molecular weight excluding hydrogens is 447 g/mol. The van der Waals surface area contributed by atoms with Gasteiger partial charge in [-0.1, -0.05) is 12.1 Å². The molecule has 1 aliphatic heterocycles. The van der Waals surface area contributed by atoms with Gasteiger partial charge in [-0.15, -0.1) is 11.3 Å². The first-order chi connectivity index (χ1) is 15.6. The molecule has 1 aromatic carbocycles. The molecule has 1 saturated heterocycles. The molecule has 1 unspecified atom stereocenters. The number of nitrogens with zero attached hydrogens (tertiary/aromatic N) is 1. The number of rotatable bonds is 6. The fraction of sp³-hybridized carbons (Fsp3) is 0.478. The second-order valence-electron chi connectivity index (χ2n) is 8.91. The summed E-state index contributed by atoms with van der Waals surface area (Å²) in [6.45, 7) is 6.60. The molecule has 1 amide bonds. The second kappa shape index (κ2) is 10.5. The number of hydrogen-bond donors (Lipinski definition) is 3. The van der Waals surface area contributed by atoms with E-state index in [1.807, 2.05) is 20.8 Å². The van der Waals surface area contributed by atoms with Crippen molar-refractivity contribution in [2.24, 2.45) is 5.73 Å². The maximum Gasteiger partial charge on any atom is 0.410 e. The number of halogens is 1. The number of carbonyl (C=O) groups excluding carboxylic acids is 2. The number of likely N-dealkylation sites (tertiary alicyclic amines) is 1. The highest BCUT2D eigenvalue weighted by Crippen LogP contribution is 2.35. The predicted molar refractivity (Wildman–Crippen MR) is 127 cm³/mol. The van der Waals surface area contributed by atoms with Crippen LogP contribution >= 0.6 is 11.3 Å². The average molecular weight is 479 g/mol. The van der Waals surface area contributed by atoms with Crippen LogP contribution in [0.5, 0.6) is 0 Å². The molecule has 10 heteroatoms. The number of esters is 1. The zero-order valence-corrected chi connectivity index (χ0v) is 20.1. The van der Waals surface area contributed by atoms with Gasteiger partial charge in [-0.25, -0.2) is 14.0 Å². The maximum atomic E-state index is 13.7. The molecule has 0 bridgehead atoms. The average Bonchev–Trinajstić information content (AvgIpc) is 3.15. The van der Waals surface area contributed by atoms with Gasteiger partial charge in [0.2, 0.25) is 0 Å². The Morgan fingerprint density at radius 1 is 1.30 bits per heavy atom. The van der Waals surface area contributed by atoms with E-state index in [-0.39, 0.29) is 18.0 Å². The Kier molecular flexibility index (Phi) is 7.93. The van der Waals surface area contributed by atoms with Crippen molar-refractivity contribution in [2.75, 3.05) is 25.5 Å². The normalized spacial score (nSPS) is 17.4. The first-order valence-electron chi connectivity index (χ1n) is 10.8. The number of carbonyl (C=O) groups is 2. The summed E-state index contributed by atoms with van der Waals surface area (Å²) in [6, 6.07) is 7.86. The Hall–Kier alpha value is -2.69. The minimum atomic E-state index is -0.688. The number of piperidine rings is 1. The third-order valence-corrected chi connectivity index (χ3v) is 6.18. The summed E-state index contributed by atoms with van der Waals surface area (Å²) in [6.07, 6.45) is 0.628. The summed E-state index contributed by atoms with van der Waals surface area (Å²) >= 11 is 1.20. The highest BCUT2D eigenvalue weighted by Gasteiger charge is 2.28. The van der Waals surface area contributed by atoms with E-state index in [1.54, 1.807) is 23.1 Å². The van der Waals surface area contributed by atoms with Gasteiger partial charge in [0.05, 0.1) is 12.8 Å². The van der Waals surface area contributed by atoms with Crippen LogP contribution in [0.2, 0.25) is 0 Å². The van der Waals surface area contributed by atoms with E-state index in [4.69, 9.17) is 15.2 Å². The van der Waals surface area contributed by atoms with Gasteiger partial charge in [0.15, 0.2) is 0 Å². The van der Waals surface area contributed by atoms with Gasteiger partial charge < -0.3 is 19.7 Å². The Morgan fingerprint density at radius 2 is 2.06 bits per heavy atom. The second-order valence-corrected chi connectivity index (χ2v) is 9.96. The Balaban J connectivity index is 1.68. The Labute approximate surface area is 197 Å². The van der Waals surface area contributed by atoms with E-state index in [0.29, 0.717) is 34.1 Å². The molecule has 2 aromatic rings. The number of hydrogen-bond acceptors (Lipinski definition) is 8. The Morgan fingerprint density at radius 3 is 2.73 bits per heavy atom. The van der Waals surface area contributed by atoms with Crippen LogP contribution in [0.1, 0.15) is 43.3 Å². The number of benzene rings is 1. The van der Waals surface area contributed by atoms with Gasteiger partial charge in [0.1, 0.15) is 22.6 Å². The molecule has 33 heavy (non-hydrogen) atoms. The topological polar surface area (TPSA) is 106 Å². The maximum absolute atomic E-state index is 13.7. The minimum Gasteiger partial charge on any atom is -0.465 e. The van der Waals surface area contributed by atoms with Crippen molar-refractivity contribution in [3.05, 3.63) is 41.0 Å². The number of ether oxygens (including phenoxy) is 2. The van der Waals surface area contributed by atoms with Crippen LogP contribution in [-0.4, -0.2) is 55.1 Å². The largest absolute Gasteiger partial charge is 0.465 e. The first-order valence-corrected chi connectivity index (χ1v) is 11.6. The van der Waals surface area contributed by atoms with Gasteiger partial charge in [0, 0.05) is 24.0 Å². The third-order valence-electron chi connectivity index (χ3n) is 5.01. The summed E-state index contributed by atoms with van der Waals surface area (Å²) in [5.41, 5.74) is 6.86. The van der Waals surface area contributed by atoms with Crippen LogP contribution < -0.4 is 16.4 Å². The van der Waals surface area contributed by atoms with Gasteiger partial charge in [-0.05, 0) is 57.4 Å². The summed E-state index contributed by atoms with van der Waals surface area (Å²) < 4.78 is 24.0. The lowest BCUT2D eigenvalue weighted by atomic mass is 10.1. The molecule has 2 heterocycles. The third kappa shape index (κ3) is 6.89. The number of amides is 1. The van der Waals surface area contributed by atoms with Crippen LogP contribution in [0.4, 0.5) is 14.9 Å². The first kappa shape index (κ1) is 24.9. The van der Waals surface area contributed by atoms with E-state index in [9.17, 15) is 14.0 Å². The number of thiophene rings is 1. The van der Waals surface area contributed by atoms with E-state index >= 15 is 0 Å². The molecule has 8 nitrogen and oxygen atoms in total. The van der Waals surface area contributed by atoms with Crippen molar-refractivity contribution in [1.29, 1.82) is 0 Å². The Bertz CT molecular complexity index is 991. The molecule has 1 fully saturated rings. The lowest BCUT2D eigenvalue weighted by molar-refractivity contribution is 0.0184. The molecule has 0 radical (unpaired) electrons. The fourth-order valence-corrected chi connectivity index (χ4v) is 4.63. The van der Waals surface area contributed by atoms with Gasteiger partial charge in [0.25, 0.3) is 0 Å². The van der Waals surface area contributed by atoms with Gasteiger partial charge in [-0.2, -0.15) is 0 Å². The van der Waals surface area contributed by atoms with Crippen molar-refractivity contribution in [3.63, 3.8) is 0 Å². The molecule has 180 valence electrons. The molecule has 0 aliphatic carbocycles. The van der Waals surface area contributed by atoms with Crippen LogP contribution in [0.15, 0.2) is 30.3 Å². The quantitative estimate of drug-likeness (QED) is 0.426. The van der Waals surface area contributed by atoms with Crippen molar-refractivity contribution in [1.82, 2.24) is 10.2 Å². The summed E-state index contributed by atoms with van der Waals surface area (Å²) in [5, 5.41) is 6.37. The molecule has 1 aliphatic rings. The summed E-state index contributed by atoms with van der Waals surface area (Å²) in [7, 11) is 1.30. The van der Waals surface area contributed by atoms with Crippen LogP contribution in [-0.2, 0) is 9.47 Å².